The molecule has 140 valence electrons. The van der Waals surface area contributed by atoms with Gasteiger partial charge in [-0.2, -0.15) is 5.26 Å². The van der Waals surface area contributed by atoms with Crippen molar-refractivity contribution in [2.24, 2.45) is 0 Å². The van der Waals surface area contributed by atoms with Crippen molar-refractivity contribution in [3.63, 3.8) is 0 Å². The summed E-state index contributed by atoms with van der Waals surface area (Å²) in [5.74, 6) is 0.383. The van der Waals surface area contributed by atoms with Crippen LogP contribution in [0.3, 0.4) is 0 Å². The quantitative estimate of drug-likeness (QED) is 0.521. The van der Waals surface area contributed by atoms with Crippen molar-refractivity contribution in [1.29, 1.82) is 5.26 Å². The summed E-state index contributed by atoms with van der Waals surface area (Å²) >= 11 is 0. The van der Waals surface area contributed by atoms with Gasteiger partial charge >= 0.3 is 0 Å². The number of hydrogen-bond acceptors (Lipinski definition) is 4. The summed E-state index contributed by atoms with van der Waals surface area (Å²) in [5, 5.41) is 11.3. The van der Waals surface area contributed by atoms with E-state index >= 15 is 0 Å². The molecule has 5 nitrogen and oxygen atoms in total. The highest BCUT2D eigenvalue weighted by Gasteiger charge is 2.11. The van der Waals surface area contributed by atoms with E-state index in [0.717, 1.165) is 11.1 Å². The summed E-state index contributed by atoms with van der Waals surface area (Å²) in [6.45, 7) is 4.42. The Hall–Kier alpha value is -3.13. The normalized spacial score (nSPS) is 10.1. The van der Waals surface area contributed by atoms with Gasteiger partial charge in [-0.25, -0.2) is 0 Å². The number of carbonyl (C=O) groups is 2. The molecule has 0 aliphatic carbocycles. The van der Waals surface area contributed by atoms with E-state index in [1.165, 1.54) is 0 Å². The van der Waals surface area contributed by atoms with Crippen LogP contribution in [0.4, 0.5) is 5.69 Å². The number of amides is 1. The molecule has 2 rings (SSSR count). The molecule has 0 aliphatic heterocycles. The summed E-state index contributed by atoms with van der Waals surface area (Å²) in [7, 11) is 0. The molecule has 0 saturated carbocycles. The average molecular weight is 364 g/mol. The largest absolute Gasteiger partial charge is 0.493 e. The molecule has 27 heavy (non-hydrogen) atoms. The SMILES string of the molecule is Cc1ccc(C(=O)CCC(=O)Nc2cccc(OCCCC#N)c2)cc1C. The Kier molecular flexibility index (Phi) is 7.57. The zero-order valence-corrected chi connectivity index (χ0v) is 15.7. The number of hydrogen-bond donors (Lipinski definition) is 1. The van der Waals surface area contributed by atoms with Crippen LogP contribution < -0.4 is 10.1 Å². The van der Waals surface area contributed by atoms with Gasteiger partial charge < -0.3 is 10.1 Å². The fraction of sp³-hybridized carbons (Fsp3) is 0.318. The maximum Gasteiger partial charge on any atom is 0.224 e. The van der Waals surface area contributed by atoms with E-state index in [1.807, 2.05) is 26.0 Å². The molecule has 5 heteroatoms. The Balaban J connectivity index is 1.83. The minimum Gasteiger partial charge on any atom is -0.493 e. The van der Waals surface area contributed by atoms with Crippen LogP contribution in [0.5, 0.6) is 5.75 Å². The van der Waals surface area contributed by atoms with Gasteiger partial charge in [-0.15, -0.1) is 0 Å². The highest BCUT2D eigenvalue weighted by Crippen LogP contribution is 2.18. The number of ketones is 1. The van der Waals surface area contributed by atoms with Crippen molar-refractivity contribution in [3.05, 3.63) is 59.2 Å². The number of rotatable bonds is 9. The van der Waals surface area contributed by atoms with Crippen molar-refractivity contribution < 1.29 is 14.3 Å². The summed E-state index contributed by atoms with van der Waals surface area (Å²) in [6.07, 6.45) is 1.40. The third-order valence-electron chi connectivity index (χ3n) is 4.23. The molecular weight excluding hydrogens is 340 g/mol. The molecule has 0 spiro atoms. The molecule has 1 N–H and O–H groups in total. The molecule has 0 saturated heterocycles. The topological polar surface area (TPSA) is 79.2 Å². The van der Waals surface area contributed by atoms with Crippen LogP contribution in [-0.2, 0) is 4.79 Å². The van der Waals surface area contributed by atoms with Gasteiger partial charge in [0, 0.05) is 36.6 Å². The van der Waals surface area contributed by atoms with E-state index < -0.39 is 0 Å². The monoisotopic (exact) mass is 364 g/mol. The Morgan fingerprint density at radius 1 is 1.07 bits per heavy atom. The van der Waals surface area contributed by atoms with Crippen LogP contribution >= 0.6 is 0 Å². The van der Waals surface area contributed by atoms with Crippen LogP contribution in [0.15, 0.2) is 42.5 Å². The van der Waals surface area contributed by atoms with Crippen molar-refractivity contribution >= 4 is 17.4 Å². The molecule has 0 atom stereocenters. The second-order valence-electron chi connectivity index (χ2n) is 6.41. The maximum atomic E-state index is 12.3. The highest BCUT2D eigenvalue weighted by atomic mass is 16.5. The number of Topliss-reactive ketones (excluding diaryl/α,β-unsaturated/α-hetero) is 1. The second kappa shape index (κ2) is 10.1. The Labute approximate surface area is 160 Å². The Bertz CT molecular complexity index is 853. The van der Waals surface area contributed by atoms with E-state index in [9.17, 15) is 9.59 Å². The van der Waals surface area contributed by atoms with Crippen molar-refractivity contribution in [2.45, 2.75) is 39.5 Å². The fourth-order valence-electron chi connectivity index (χ4n) is 2.51. The predicted octanol–water partition coefficient (Wildman–Crippen LogP) is 4.59. The van der Waals surface area contributed by atoms with Gasteiger partial charge in [-0.1, -0.05) is 18.2 Å². The molecule has 0 heterocycles. The van der Waals surface area contributed by atoms with E-state index in [1.54, 1.807) is 30.3 Å². The molecule has 1 amide bonds. The summed E-state index contributed by atoms with van der Waals surface area (Å²) < 4.78 is 5.55. The Morgan fingerprint density at radius 2 is 1.89 bits per heavy atom. The minimum atomic E-state index is -0.214. The molecule has 0 fully saturated rings. The number of carbonyl (C=O) groups excluding carboxylic acids is 2. The van der Waals surface area contributed by atoms with Crippen LogP contribution in [-0.4, -0.2) is 18.3 Å². The number of aryl methyl sites for hydroxylation is 2. The van der Waals surface area contributed by atoms with E-state index in [4.69, 9.17) is 10.00 Å². The van der Waals surface area contributed by atoms with Gasteiger partial charge in [-0.3, -0.25) is 9.59 Å². The molecular formula is C22H24N2O3. The average Bonchev–Trinajstić information content (AvgIpc) is 2.66. The third kappa shape index (κ3) is 6.59. The van der Waals surface area contributed by atoms with Gasteiger partial charge in [0.05, 0.1) is 12.7 Å². The van der Waals surface area contributed by atoms with Gasteiger partial charge in [0.15, 0.2) is 5.78 Å². The first-order valence-electron chi connectivity index (χ1n) is 8.99. The lowest BCUT2D eigenvalue weighted by Gasteiger charge is -2.09. The zero-order valence-electron chi connectivity index (χ0n) is 15.7. The Morgan fingerprint density at radius 3 is 2.63 bits per heavy atom. The summed E-state index contributed by atoms with van der Waals surface area (Å²) in [6, 6.07) is 14.7. The third-order valence-corrected chi connectivity index (χ3v) is 4.23. The predicted molar refractivity (Wildman–Crippen MR) is 105 cm³/mol. The van der Waals surface area contributed by atoms with Gasteiger partial charge in [0.1, 0.15) is 5.75 Å². The second-order valence-corrected chi connectivity index (χ2v) is 6.41. The van der Waals surface area contributed by atoms with Gasteiger partial charge in [-0.05, 0) is 49.6 Å². The molecule has 2 aromatic carbocycles. The number of anilines is 1. The van der Waals surface area contributed by atoms with Crippen LogP contribution in [0, 0.1) is 25.2 Å². The van der Waals surface area contributed by atoms with E-state index in [-0.39, 0.29) is 24.5 Å². The molecule has 0 aliphatic rings. The van der Waals surface area contributed by atoms with Crippen LogP contribution in [0.1, 0.15) is 47.2 Å². The number of nitriles is 1. The molecule has 0 radical (unpaired) electrons. The van der Waals surface area contributed by atoms with Crippen molar-refractivity contribution in [1.82, 2.24) is 0 Å². The van der Waals surface area contributed by atoms with Crippen LogP contribution in [0.25, 0.3) is 0 Å². The molecule has 0 bridgehead atoms. The molecule has 0 aromatic heterocycles. The first kappa shape index (κ1) is 20.2. The lowest BCUT2D eigenvalue weighted by atomic mass is 10.0. The number of nitrogens with zero attached hydrogens (tertiary/aromatic N) is 1. The first-order valence-corrected chi connectivity index (χ1v) is 8.99. The maximum absolute atomic E-state index is 12.3. The first-order chi connectivity index (χ1) is 13.0. The van der Waals surface area contributed by atoms with Crippen LogP contribution in [0.2, 0.25) is 0 Å². The number of nitrogens with one attached hydrogen (secondary N) is 1. The highest BCUT2D eigenvalue weighted by molar-refractivity contribution is 6.00. The fourth-order valence-corrected chi connectivity index (χ4v) is 2.51. The molecule has 0 unspecified atom stereocenters. The van der Waals surface area contributed by atoms with Crippen molar-refractivity contribution in [2.75, 3.05) is 11.9 Å². The number of benzene rings is 2. The van der Waals surface area contributed by atoms with E-state index in [2.05, 4.69) is 11.4 Å². The minimum absolute atomic E-state index is 0.0390. The lowest BCUT2D eigenvalue weighted by Crippen LogP contribution is -2.13. The number of unbranched alkanes of at least 4 members (excludes halogenated alkanes) is 1. The van der Waals surface area contributed by atoms with Gasteiger partial charge in [0.2, 0.25) is 5.91 Å². The van der Waals surface area contributed by atoms with Crippen molar-refractivity contribution in [3.8, 4) is 11.8 Å². The zero-order chi connectivity index (χ0) is 19.6. The standard InChI is InChI=1S/C22H24N2O3/c1-16-8-9-18(14-17(16)2)21(25)10-11-22(26)24-19-6-5-7-20(15-19)27-13-4-3-12-23/h5-9,14-15H,3-4,10-11,13H2,1-2H3,(H,24,26). The summed E-state index contributed by atoms with van der Waals surface area (Å²) in [4.78, 5) is 24.4. The lowest BCUT2D eigenvalue weighted by molar-refractivity contribution is -0.116. The summed E-state index contributed by atoms with van der Waals surface area (Å²) in [5.41, 5.74) is 3.46. The molecule has 2 aromatic rings. The number of ether oxygens (including phenoxy) is 1. The van der Waals surface area contributed by atoms with E-state index in [0.29, 0.717) is 36.4 Å². The smallest absolute Gasteiger partial charge is 0.224 e. The van der Waals surface area contributed by atoms with Gasteiger partial charge in [0.25, 0.3) is 0 Å².